The van der Waals surface area contributed by atoms with Crippen molar-refractivity contribution in [3.8, 4) is 0 Å². The summed E-state index contributed by atoms with van der Waals surface area (Å²) < 4.78 is 5.32. The number of hydrogen-bond donors (Lipinski definition) is 3. The number of likely N-dealkylation sites (N-methyl/N-ethyl adjacent to an activating group) is 1. The van der Waals surface area contributed by atoms with Crippen LogP contribution >= 0.6 is 0 Å². The van der Waals surface area contributed by atoms with Crippen molar-refractivity contribution in [2.24, 2.45) is 0 Å². The van der Waals surface area contributed by atoms with Crippen molar-refractivity contribution < 1.29 is 23.9 Å². The van der Waals surface area contributed by atoms with Gasteiger partial charge in [0, 0.05) is 29.9 Å². The Bertz CT molecular complexity index is 1170. The Kier molecular flexibility index (Phi) is 8.44. The third kappa shape index (κ3) is 5.73. The number of fused-ring (bicyclic) bond motifs is 4. The summed E-state index contributed by atoms with van der Waals surface area (Å²) in [5.41, 5.74) is 2.04. The molecule has 40 heavy (non-hydrogen) atoms. The summed E-state index contributed by atoms with van der Waals surface area (Å²) in [5.74, 6) is -0.734. The van der Waals surface area contributed by atoms with Crippen LogP contribution in [0, 0.1) is 0 Å². The predicted molar refractivity (Wildman–Crippen MR) is 149 cm³/mol. The molecule has 6 atom stereocenters. The fraction of sp³-hybridized carbons (Fsp3) is 0.600. The van der Waals surface area contributed by atoms with Crippen LogP contribution in [-0.4, -0.2) is 83.4 Å². The number of carbonyl (C=O) groups is 4. The van der Waals surface area contributed by atoms with E-state index in [2.05, 4.69) is 22.5 Å². The molecule has 0 aliphatic carbocycles. The Morgan fingerprint density at radius 1 is 1.10 bits per heavy atom. The Hall–Kier alpha value is -3.40. The van der Waals surface area contributed by atoms with Crippen LogP contribution in [0.4, 0.5) is 0 Å². The molecule has 6 rings (SSSR count). The van der Waals surface area contributed by atoms with E-state index in [1.807, 2.05) is 24.9 Å². The maximum Gasteiger partial charge on any atom is 0.329 e. The first kappa shape index (κ1) is 28.1. The largest absolute Gasteiger partial charge is 0.459 e. The van der Waals surface area contributed by atoms with Gasteiger partial charge in [0.15, 0.2) is 0 Å². The minimum absolute atomic E-state index is 0.0215. The fourth-order valence-corrected chi connectivity index (χ4v) is 6.48. The summed E-state index contributed by atoms with van der Waals surface area (Å²) in [7, 11) is 1.85. The van der Waals surface area contributed by atoms with Crippen LogP contribution in [0.25, 0.3) is 0 Å². The SMILES string of the molecule is C=C(N[C@H]1CCCC[C@H]2CC[C@@H](C(=O)NCc3cccc(C(=O)N4CC5CCC4C(=O)O5)c3)N2C1=O)[C@H](C)NC. The second kappa shape index (κ2) is 12.0. The zero-order chi connectivity index (χ0) is 28.4. The molecule has 1 aromatic rings. The molecule has 0 spiro atoms. The van der Waals surface area contributed by atoms with Crippen LogP contribution in [0.15, 0.2) is 36.5 Å². The molecule has 3 N–H and O–H groups in total. The number of piperidine rings is 1. The van der Waals surface area contributed by atoms with Crippen LogP contribution in [0.2, 0.25) is 0 Å². The van der Waals surface area contributed by atoms with E-state index in [-0.39, 0.29) is 48.4 Å². The zero-order valence-corrected chi connectivity index (χ0v) is 23.5. The molecule has 2 unspecified atom stereocenters. The molecule has 3 amide bonds. The van der Waals surface area contributed by atoms with Gasteiger partial charge in [0.25, 0.3) is 5.91 Å². The summed E-state index contributed by atoms with van der Waals surface area (Å²) >= 11 is 0. The second-order valence-corrected chi connectivity index (χ2v) is 11.5. The van der Waals surface area contributed by atoms with Crippen LogP contribution < -0.4 is 16.0 Å². The van der Waals surface area contributed by atoms with Crippen molar-refractivity contribution in [3.63, 3.8) is 0 Å². The first-order chi connectivity index (χ1) is 19.3. The summed E-state index contributed by atoms with van der Waals surface area (Å²) in [6.07, 6.45) is 6.23. The average Bonchev–Trinajstić information content (AvgIpc) is 3.39. The number of nitrogens with zero attached hydrogens (tertiary/aromatic N) is 2. The van der Waals surface area contributed by atoms with Crippen molar-refractivity contribution in [2.75, 3.05) is 13.6 Å². The Morgan fingerprint density at radius 3 is 2.65 bits per heavy atom. The number of ether oxygens (including phenoxy) is 1. The fourth-order valence-electron chi connectivity index (χ4n) is 6.48. The van der Waals surface area contributed by atoms with E-state index in [1.54, 1.807) is 23.1 Å². The van der Waals surface area contributed by atoms with E-state index in [1.165, 1.54) is 0 Å². The highest BCUT2D eigenvalue weighted by atomic mass is 16.6. The number of morpholine rings is 1. The van der Waals surface area contributed by atoms with Crippen molar-refractivity contribution in [2.45, 2.75) is 101 Å². The minimum Gasteiger partial charge on any atom is -0.459 e. The van der Waals surface area contributed by atoms with E-state index in [9.17, 15) is 19.2 Å². The Morgan fingerprint density at radius 2 is 1.90 bits per heavy atom. The lowest BCUT2D eigenvalue weighted by molar-refractivity contribution is -0.172. The smallest absolute Gasteiger partial charge is 0.329 e. The molecule has 0 saturated carbocycles. The van der Waals surface area contributed by atoms with Gasteiger partial charge in [-0.2, -0.15) is 0 Å². The lowest BCUT2D eigenvalue weighted by atomic mass is 9.95. The highest BCUT2D eigenvalue weighted by Gasteiger charge is 2.45. The van der Waals surface area contributed by atoms with Crippen LogP contribution in [0.1, 0.15) is 74.2 Å². The molecule has 0 radical (unpaired) electrons. The van der Waals surface area contributed by atoms with Crippen LogP contribution in [-0.2, 0) is 25.7 Å². The van der Waals surface area contributed by atoms with Gasteiger partial charge >= 0.3 is 5.97 Å². The van der Waals surface area contributed by atoms with E-state index in [4.69, 9.17) is 4.74 Å². The molecular weight excluding hydrogens is 510 g/mol. The minimum atomic E-state index is -0.525. The second-order valence-electron chi connectivity index (χ2n) is 11.5. The first-order valence-electron chi connectivity index (χ1n) is 14.6. The number of benzene rings is 1. The lowest BCUT2D eigenvalue weighted by Gasteiger charge is -2.43. The molecule has 5 fully saturated rings. The predicted octanol–water partition coefficient (Wildman–Crippen LogP) is 1.85. The van der Waals surface area contributed by atoms with E-state index >= 15 is 0 Å². The van der Waals surface area contributed by atoms with Gasteiger partial charge in [0.1, 0.15) is 24.2 Å². The normalized spacial score (nSPS) is 28.7. The van der Waals surface area contributed by atoms with Gasteiger partial charge in [-0.3, -0.25) is 14.4 Å². The standard InChI is InChI=1S/C30H41N5O5/c1-18(31-3)19(2)33-24-10-5-4-9-22-11-13-25(35(22)29(24)38)27(36)32-16-20-7-6-8-21(15-20)28(37)34-17-23-12-14-26(34)30(39)40-23/h6-8,15,18,22-26,31,33H,2,4-5,9-14,16-17H2,1,3H3,(H,32,36)/t18-,22-,23?,24-,25-,26?/m0/s1. The van der Waals surface area contributed by atoms with Crippen LogP contribution in [0.5, 0.6) is 0 Å². The number of rotatable bonds is 8. The third-order valence-corrected chi connectivity index (χ3v) is 8.95. The van der Waals surface area contributed by atoms with Gasteiger partial charge < -0.3 is 30.5 Å². The molecule has 0 aromatic heterocycles. The third-order valence-electron chi connectivity index (χ3n) is 8.95. The van der Waals surface area contributed by atoms with Gasteiger partial charge in [-0.05, 0) is 70.2 Å². The van der Waals surface area contributed by atoms with Crippen molar-refractivity contribution in [1.82, 2.24) is 25.8 Å². The summed E-state index contributed by atoms with van der Waals surface area (Å²) in [6, 6.07) is 5.80. The molecule has 1 aromatic carbocycles. The average molecular weight is 552 g/mol. The monoisotopic (exact) mass is 551 g/mol. The Labute approximate surface area is 235 Å². The topological polar surface area (TPSA) is 120 Å². The van der Waals surface area contributed by atoms with Crippen molar-refractivity contribution >= 4 is 23.7 Å². The molecular formula is C30H41N5O5. The van der Waals surface area contributed by atoms with Gasteiger partial charge in [-0.1, -0.05) is 31.6 Å². The highest BCUT2D eigenvalue weighted by Crippen LogP contribution is 2.32. The number of hydrogen-bond acceptors (Lipinski definition) is 7. The summed E-state index contributed by atoms with van der Waals surface area (Å²) in [5, 5.41) is 9.49. The van der Waals surface area contributed by atoms with Crippen molar-refractivity contribution in [1.29, 1.82) is 0 Å². The van der Waals surface area contributed by atoms with Crippen molar-refractivity contribution in [3.05, 3.63) is 47.7 Å². The number of amides is 3. The molecule has 216 valence electrons. The summed E-state index contributed by atoms with van der Waals surface area (Å²) in [4.78, 5) is 55.9. The molecule has 10 heteroatoms. The van der Waals surface area contributed by atoms with E-state index in [0.29, 0.717) is 31.4 Å². The van der Waals surface area contributed by atoms with Gasteiger partial charge in [-0.25, -0.2) is 4.79 Å². The molecule has 2 bridgehead atoms. The number of carbonyl (C=O) groups excluding carboxylic acids is 4. The van der Waals surface area contributed by atoms with E-state index in [0.717, 1.165) is 43.4 Å². The van der Waals surface area contributed by atoms with Gasteiger partial charge in [-0.15, -0.1) is 0 Å². The van der Waals surface area contributed by atoms with Crippen LogP contribution in [0.3, 0.4) is 0 Å². The maximum absolute atomic E-state index is 13.7. The molecule has 5 saturated heterocycles. The Balaban J connectivity index is 1.23. The number of nitrogens with one attached hydrogen (secondary N) is 3. The van der Waals surface area contributed by atoms with Gasteiger partial charge in [0.2, 0.25) is 11.8 Å². The maximum atomic E-state index is 13.7. The molecule has 5 heterocycles. The molecule has 10 nitrogen and oxygen atoms in total. The zero-order valence-electron chi connectivity index (χ0n) is 23.5. The first-order valence-corrected chi connectivity index (χ1v) is 14.6. The highest BCUT2D eigenvalue weighted by molar-refractivity contribution is 5.97. The number of esters is 1. The quantitative estimate of drug-likeness (QED) is 0.422. The van der Waals surface area contributed by atoms with Gasteiger partial charge in [0.05, 0.1) is 6.54 Å². The molecule has 5 aliphatic heterocycles. The van der Waals surface area contributed by atoms with E-state index < -0.39 is 18.1 Å². The summed E-state index contributed by atoms with van der Waals surface area (Å²) in [6.45, 7) is 6.75. The lowest BCUT2D eigenvalue weighted by Crippen LogP contribution is -2.59. The molecule has 5 aliphatic rings.